The molecule has 140 valence electrons. The Balaban J connectivity index is 1.66. The number of amides is 1. The summed E-state index contributed by atoms with van der Waals surface area (Å²) in [5.41, 5.74) is -1.25. The molecule has 0 aliphatic carbocycles. The number of anilines is 1. The largest absolute Gasteiger partial charge is 0.486 e. The number of nitrogens with one attached hydrogen (secondary N) is 1. The van der Waals surface area contributed by atoms with E-state index >= 15 is 0 Å². The Morgan fingerprint density at radius 2 is 1.74 bits per heavy atom. The van der Waals surface area contributed by atoms with Crippen molar-refractivity contribution in [1.82, 2.24) is 0 Å². The number of furan rings is 1. The van der Waals surface area contributed by atoms with Crippen molar-refractivity contribution in [3.8, 4) is 5.75 Å². The van der Waals surface area contributed by atoms with Gasteiger partial charge in [-0.1, -0.05) is 12.1 Å². The normalized spacial score (nSPS) is 11.3. The molecule has 0 unspecified atom stereocenters. The zero-order valence-corrected chi connectivity index (χ0v) is 15.9. The number of hydrogen-bond donors (Lipinski definition) is 1. The maximum absolute atomic E-state index is 13.0. The van der Waals surface area contributed by atoms with Crippen molar-refractivity contribution < 1.29 is 27.1 Å². The van der Waals surface area contributed by atoms with Crippen LogP contribution in [0.2, 0.25) is 0 Å². The van der Waals surface area contributed by atoms with Crippen LogP contribution in [0.1, 0.15) is 21.9 Å². The fourth-order valence-corrected chi connectivity index (χ4v) is 2.65. The van der Waals surface area contributed by atoms with E-state index in [1.165, 1.54) is 30.3 Å². The summed E-state index contributed by atoms with van der Waals surface area (Å²) < 4.78 is 51.0. The number of hydrogen-bond acceptors (Lipinski definition) is 3. The van der Waals surface area contributed by atoms with Crippen molar-refractivity contribution in [2.24, 2.45) is 0 Å². The lowest BCUT2D eigenvalue weighted by Crippen LogP contribution is -2.16. The molecule has 8 heteroatoms. The maximum atomic E-state index is 13.0. The highest BCUT2D eigenvalue weighted by atomic mass is 127. The Bertz CT molecular complexity index is 936. The first kappa shape index (κ1) is 19.3. The molecule has 27 heavy (non-hydrogen) atoms. The number of halogens is 4. The van der Waals surface area contributed by atoms with Gasteiger partial charge in [-0.2, -0.15) is 13.2 Å². The molecule has 0 spiro atoms. The van der Waals surface area contributed by atoms with Gasteiger partial charge in [-0.15, -0.1) is 0 Å². The second kappa shape index (κ2) is 8.03. The lowest BCUT2D eigenvalue weighted by atomic mass is 10.1. The van der Waals surface area contributed by atoms with Gasteiger partial charge in [0.1, 0.15) is 18.1 Å². The van der Waals surface area contributed by atoms with Gasteiger partial charge in [-0.05, 0) is 71.1 Å². The molecular weight excluding hydrogens is 474 g/mol. The summed E-state index contributed by atoms with van der Waals surface area (Å²) in [6.45, 7) is 0.0903. The third-order valence-electron chi connectivity index (χ3n) is 3.56. The average molecular weight is 487 g/mol. The van der Waals surface area contributed by atoms with E-state index in [9.17, 15) is 18.0 Å². The Labute approximate surface area is 166 Å². The van der Waals surface area contributed by atoms with Gasteiger partial charge in [0.2, 0.25) is 0 Å². The van der Waals surface area contributed by atoms with Crippen molar-refractivity contribution in [1.29, 1.82) is 0 Å². The molecule has 1 amide bonds. The van der Waals surface area contributed by atoms with Gasteiger partial charge in [-0.25, -0.2) is 0 Å². The van der Waals surface area contributed by atoms with Crippen LogP contribution in [0.5, 0.6) is 5.75 Å². The number of alkyl halides is 3. The van der Waals surface area contributed by atoms with Gasteiger partial charge in [0.05, 0.1) is 11.3 Å². The predicted octanol–water partition coefficient (Wildman–Crippen LogP) is 5.73. The van der Waals surface area contributed by atoms with E-state index in [-0.39, 0.29) is 18.1 Å². The van der Waals surface area contributed by atoms with Crippen LogP contribution in [-0.2, 0) is 12.8 Å². The Morgan fingerprint density at radius 1 is 1.04 bits per heavy atom. The molecule has 0 radical (unpaired) electrons. The standard InChI is InChI=1S/C19H13F3INO3/c20-19(21,22)15-3-1-2-4-16(15)24-18(25)17-10-9-14(27-17)11-26-13-7-5-12(23)6-8-13/h1-10H,11H2,(H,24,25). The van der Waals surface area contributed by atoms with Crippen LogP contribution in [-0.4, -0.2) is 5.91 Å². The average Bonchev–Trinajstić information content (AvgIpc) is 3.10. The topological polar surface area (TPSA) is 51.5 Å². The van der Waals surface area contributed by atoms with Gasteiger partial charge < -0.3 is 14.5 Å². The molecule has 1 heterocycles. The number of carbonyl (C=O) groups is 1. The van der Waals surface area contributed by atoms with E-state index in [1.54, 1.807) is 12.1 Å². The third-order valence-corrected chi connectivity index (χ3v) is 4.28. The van der Waals surface area contributed by atoms with Crippen LogP contribution in [0.15, 0.2) is 65.1 Å². The monoisotopic (exact) mass is 487 g/mol. The highest BCUT2D eigenvalue weighted by Gasteiger charge is 2.33. The molecule has 1 N–H and O–H groups in total. The van der Waals surface area contributed by atoms with Crippen molar-refractivity contribution in [2.45, 2.75) is 12.8 Å². The maximum Gasteiger partial charge on any atom is 0.418 e. The van der Waals surface area contributed by atoms with Crippen molar-refractivity contribution in [3.63, 3.8) is 0 Å². The molecule has 2 aromatic carbocycles. The van der Waals surface area contributed by atoms with Gasteiger partial charge in [0.25, 0.3) is 5.91 Å². The number of benzene rings is 2. The second-order valence-corrected chi connectivity index (χ2v) is 6.75. The molecule has 0 aliphatic rings. The molecule has 4 nitrogen and oxygen atoms in total. The van der Waals surface area contributed by atoms with E-state index < -0.39 is 17.6 Å². The van der Waals surface area contributed by atoms with Gasteiger partial charge >= 0.3 is 6.18 Å². The summed E-state index contributed by atoms with van der Waals surface area (Å²) in [5, 5.41) is 2.23. The summed E-state index contributed by atoms with van der Waals surface area (Å²) in [4.78, 5) is 12.2. The van der Waals surface area contributed by atoms with E-state index in [0.29, 0.717) is 11.5 Å². The highest BCUT2D eigenvalue weighted by Crippen LogP contribution is 2.34. The molecular formula is C19H13F3INO3. The summed E-state index contributed by atoms with van der Waals surface area (Å²) >= 11 is 2.17. The molecule has 0 saturated carbocycles. The zero-order chi connectivity index (χ0) is 19.4. The summed E-state index contributed by atoms with van der Waals surface area (Å²) in [6, 6.07) is 15.0. The van der Waals surface area contributed by atoms with Crippen LogP contribution in [0.3, 0.4) is 0 Å². The van der Waals surface area contributed by atoms with Crippen molar-refractivity contribution in [2.75, 3.05) is 5.32 Å². The van der Waals surface area contributed by atoms with E-state index in [1.807, 2.05) is 12.1 Å². The van der Waals surface area contributed by atoms with Crippen LogP contribution in [0.4, 0.5) is 18.9 Å². The first-order valence-electron chi connectivity index (χ1n) is 7.77. The zero-order valence-electron chi connectivity index (χ0n) is 13.7. The number of carbonyl (C=O) groups excluding carboxylic acids is 1. The second-order valence-electron chi connectivity index (χ2n) is 5.51. The lowest BCUT2D eigenvalue weighted by Gasteiger charge is -2.12. The first-order valence-corrected chi connectivity index (χ1v) is 8.85. The SMILES string of the molecule is O=C(Nc1ccccc1C(F)(F)F)c1ccc(COc2ccc(I)cc2)o1. The number of rotatable bonds is 5. The molecule has 3 aromatic rings. The minimum Gasteiger partial charge on any atom is -0.486 e. The molecule has 0 fully saturated rings. The smallest absolute Gasteiger partial charge is 0.418 e. The minimum atomic E-state index is -4.57. The van der Waals surface area contributed by atoms with Gasteiger partial charge in [0.15, 0.2) is 5.76 Å². The Hall–Kier alpha value is -2.49. The fourth-order valence-electron chi connectivity index (χ4n) is 2.29. The van der Waals surface area contributed by atoms with E-state index in [4.69, 9.17) is 9.15 Å². The molecule has 1 aromatic heterocycles. The minimum absolute atomic E-state index is 0.0903. The quantitative estimate of drug-likeness (QED) is 0.468. The number of para-hydroxylation sites is 1. The third kappa shape index (κ3) is 5.03. The van der Waals surface area contributed by atoms with Crippen LogP contribution in [0.25, 0.3) is 0 Å². The van der Waals surface area contributed by atoms with E-state index in [2.05, 4.69) is 27.9 Å². The predicted molar refractivity (Wildman–Crippen MR) is 102 cm³/mol. The summed E-state index contributed by atoms with van der Waals surface area (Å²) in [5.74, 6) is 0.139. The van der Waals surface area contributed by atoms with Crippen LogP contribution < -0.4 is 10.1 Å². The Morgan fingerprint density at radius 3 is 2.44 bits per heavy atom. The van der Waals surface area contributed by atoms with Crippen LogP contribution in [0, 0.1) is 3.57 Å². The van der Waals surface area contributed by atoms with Gasteiger partial charge in [0, 0.05) is 3.57 Å². The molecule has 0 atom stereocenters. The molecule has 0 saturated heterocycles. The molecule has 3 rings (SSSR count). The molecule has 0 aliphatic heterocycles. The first-order chi connectivity index (χ1) is 12.8. The summed E-state index contributed by atoms with van der Waals surface area (Å²) in [6.07, 6.45) is -4.57. The lowest BCUT2D eigenvalue weighted by molar-refractivity contribution is -0.136. The van der Waals surface area contributed by atoms with Gasteiger partial charge in [-0.3, -0.25) is 4.79 Å². The number of ether oxygens (including phenoxy) is 1. The van der Waals surface area contributed by atoms with Crippen LogP contribution >= 0.6 is 22.6 Å². The summed E-state index contributed by atoms with van der Waals surface area (Å²) in [7, 11) is 0. The van der Waals surface area contributed by atoms with Crippen molar-refractivity contribution in [3.05, 3.63) is 81.3 Å². The van der Waals surface area contributed by atoms with Crippen molar-refractivity contribution >= 4 is 34.2 Å². The molecule has 0 bridgehead atoms. The Kier molecular flexibility index (Phi) is 5.73. The van der Waals surface area contributed by atoms with E-state index in [0.717, 1.165) is 9.64 Å². The highest BCUT2D eigenvalue weighted by molar-refractivity contribution is 14.1. The fraction of sp³-hybridized carbons (Fsp3) is 0.105.